The SMILES string of the molecule is Cc1cc(NC(=O)c2ccc(F)cc2)n(-c2nc(-c3ccco3)cs2)n1. The number of carbonyl (C=O) groups excluding carboxylic acids is 1. The fraction of sp³-hybridized carbons (Fsp3) is 0.0556. The van der Waals surface area contributed by atoms with Crippen molar-refractivity contribution in [3.63, 3.8) is 0 Å². The highest BCUT2D eigenvalue weighted by molar-refractivity contribution is 7.12. The van der Waals surface area contributed by atoms with Crippen molar-refractivity contribution in [1.29, 1.82) is 0 Å². The van der Waals surface area contributed by atoms with Gasteiger partial charge in [-0.25, -0.2) is 9.37 Å². The van der Waals surface area contributed by atoms with Gasteiger partial charge in [-0.1, -0.05) is 0 Å². The number of thiazole rings is 1. The fourth-order valence-corrected chi connectivity index (χ4v) is 3.20. The lowest BCUT2D eigenvalue weighted by molar-refractivity contribution is 0.102. The highest BCUT2D eigenvalue weighted by Gasteiger charge is 2.16. The smallest absolute Gasteiger partial charge is 0.256 e. The van der Waals surface area contributed by atoms with E-state index in [0.717, 1.165) is 5.69 Å². The van der Waals surface area contributed by atoms with Crippen molar-refractivity contribution in [3.8, 4) is 16.6 Å². The highest BCUT2D eigenvalue weighted by Crippen LogP contribution is 2.26. The van der Waals surface area contributed by atoms with Gasteiger partial charge < -0.3 is 9.73 Å². The molecular formula is C18H13FN4O2S. The topological polar surface area (TPSA) is 73.0 Å². The Morgan fingerprint density at radius 1 is 1.27 bits per heavy atom. The second-order valence-electron chi connectivity index (χ2n) is 5.54. The Hall–Kier alpha value is -3.26. The molecule has 0 bridgehead atoms. The Balaban J connectivity index is 1.63. The minimum Gasteiger partial charge on any atom is -0.463 e. The van der Waals surface area contributed by atoms with Crippen molar-refractivity contribution in [2.24, 2.45) is 0 Å². The molecule has 1 amide bonds. The van der Waals surface area contributed by atoms with Crippen LogP contribution in [0.1, 0.15) is 16.1 Å². The van der Waals surface area contributed by atoms with Crippen LogP contribution in [0.25, 0.3) is 16.6 Å². The molecule has 4 rings (SSSR count). The van der Waals surface area contributed by atoms with E-state index in [9.17, 15) is 9.18 Å². The molecule has 0 saturated carbocycles. The monoisotopic (exact) mass is 368 g/mol. The number of halogens is 1. The van der Waals surface area contributed by atoms with Gasteiger partial charge in [-0.2, -0.15) is 9.78 Å². The maximum atomic E-state index is 13.0. The summed E-state index contributed by atoms with van der Waals surface area (Å²) in [7, 11) is 0. The average Bonchev–Trinajstić information content (AvgIpc) is 3.35. The molecule has 0 saturated heterocycles. The maximum absolute atomic E-state index is 13.0. The Morgan fingerprint density at radius 2 is 2.08 bits per heavy atom. The fourth-order valence-electron chi connectivity index (χ4n) is 2.42. The van der Waals surface area contributed by atoms with Gasteiger partial charge in [0.15, 0.2) is 5.76 Å². The third kappa shape index (κ3) is 3.14. The number of furan rings is 1. The predicted octanol–water partition coefficient (Wildman–Crippen LogP) is 4.29. The van der Waals surface area contributed by atoms with E-state index in [1.54, 1.807) is 23.1 Å². The second-order valence-corrected chi connectivity index (χ2v) is 6.37. The number of carbonyl (C=O) groups is 1. The van der Waals surface area contributed by atoms with Crippen molar-refractivity contribution in [2.45, 2.75) is 6.92 Å². The zero-order valence-electron chi connectivity index (χ0n) is 13.6. The Morgan fingerprint density at radius 3 is 2.81 bits per heavy atom. The predicted molar refractivity (Wildman–Crippen MR) is 96.0 cm³/mol. The van der Waals surface area contributed by atoms with Crippen molar-refractivity contribution < 1.29 is 13.6 Å². The van der Waals surface area contributed by atoms with Crippen LogP contribution >= 0.6 is 11.3 Å². The lowest BCUT2D eigenvalue weighted by Crippen LogP contribution is -2.15. The van der Waals surface area contributed by atoms with Crippen LogP contribution in [0.2, 0.25) is 0 Å². The number of benzene rings is 1. The first-order chi connectivity index (χ1) is 12.6. The van der Waals surface area contributed by atoms with Gasteiger partial charge in [0.05, 0.1) is 12.0 Å². The van der Waals surface area contributed by atoms with Crippen LogP contribution in [0.5, 0.6) is 0 Å². The summed E-state index contributed by atoms with van der Waals surface area (Å²) < 4.78 is 19.9. The third-order valence-corrected chi connectivity index (χ3v) is 4.44. The van der Waals surface area contributed by atoms with Crippen LogP contribution in [-0.4, -0.2) is 20.7 Å². The minimum absolute atomic E-state index is 0.353. The molecule has 0 aliphatic carbocycles. The molecule has 3 aromatic heterocycles. The number of nitrogens with one attached hydrogen (secondary N) is 1. The largest absolute Gasteiger partial charge is 0.463 e. The number of hydrogen-bond donors (Lipinski definition) is 1. The van der Waals surface area contributed by atoms with E-state index in [1.807, 2.05) is 18.4 Å². The highest BCUT2D eigenvalue weighted by atomic mass is 32.1. The van der Waals surface area contributed by atoms with Crippen LogP contribution < -0.4 is 5.32 Å². The molecule has 6 nitrogen and oxygen atoms in total. The summed E-state index contributed by atoms with van der Waals surface area (Å²) in [5.74, 6) is 0.398. The molecule has 130 valence electrons. The Bertz CT molecular complexity index is 1050. The Kier molecular flexibility index (Phi) is 4.10. The molecule has 0 radical (unpaired) electrons. The zero-order chi connectivity index (χ0) is 18.1. The van der Waals surface area contributed by atoms with E-state index in [1.165, 1.54) is 35.6 Å². The van der Waals surface area contributed by atoms with Crippen molar-refractivity contribution >= 4 is 23.1 Å². The molecule has 0 aliphatic heterocycles. The van der Waals surface area contributed by atoms with Gasteiger partial charge >= 0.3 is 0 Å². The van der Waals surface area contributed by atoms with Crippen molar-refractivity contribution in [2.75, 3.05) is 5.32 Å². The van der Waals surface area contributed by atoms with Crippen LogP contribution in [0.4, 0.5) is 10.2 Å². The summed E-state index contributed by atoms with van der Waals surface area (Å²) in [5.41, 5.74) is 1.78. The summed E-state index contributed by atoms with van der Waals surface area (Å²) >= 11 is 1.38. The number of amides is 1. The summed E-state index contributed by atoms with van der Waals surface area (Å²) in [6.45, 7) is 1.82. The van der Waals surface area contributed by atoms with Crippen molar-refractivity contribution in [1.82, 2.24) is 14.8 Å². The lowest BCUT2D eigenvalue weighted by atomic mass is 10.2. The van der Waals surface area contributed by atoms with Gasteiger partial charge in [-0.05, 0) is 43.3 Å². The van der Waals surface area contributed by atoms with E-state index in [0.29, 0.717) is 28.0 Å². The number of rotatable bonds is 4. The molecule has 0 spiro atoms. The summed E-state index contributed by atoms with van der Waals surface area (Å²) in [6.07, 6.45) is 1.58. The molecule has 26 heavy (non-hydrogen) atoms. The molecule has 0 atom stereocenters. The molecule has 3 heterocycles. The second kappa shape index (κ2) is 6.57. The van der Waals surface area contributed by atoms with Gasteiger partial charge in [0.25, 0.3) is 5.91 Å². The van der Waals surface area contributed by atoms with Crippen LogP contribution in [-0.2, 0) is 0 Å². The summed E-state index contributed by atoms with van der Waals surface area (Å²) in [5, 5.41) is 9.64. The van der Waals surface area contributed by atoms with Crippen LogP contribution in [0, 0.1) is 12.7 Å². The molecular weight excluding hydrogens is 355 g/mol. The number of aromatic nitrogens is 3. The summed E-state index contributed by atoms with van der Waals surface area (Å²) in [4.78, 5) is 16.9. The Labute approximate surface area is 151 Å². The van der Waals surface area contributed by atoms with E-state index in [2.05, 4.69) is 15.4 Å². The lowest BCUT2D eigenvalue weighted by Gasteiger charge is -2.06. The average molecular weight is 368 g/mol. The molecule has 8 heteroatoms. The molecule has 4 aromatic rings. The van der Waals surface area contributed by atoms with Gasteiger partial charge in [0, 0.05) is 17.0 Å². The van der Waals surface area contributed by atoms with E-state index < -0.39 is 5.82 Å². The van der Waals surface area contributed by atoms with Gasteiger partial charge in [0.1, 0.15) is 17.3 Å². The first-order valence-corrected chi connectivity index (χ1v) is 8.61. The number of anilines is 1. The first-order valence-electron chi connectivity index (χ1n) is 7.73. The van der Waals surface area contributed by atoms with E-state index in [-0.39, 0.29) is 5.91 Å². The van der Waals surface area contributed by atoms with Gasteiger partial charge in [0.2, 0.25) is 5.13 Å². The number of nitrogens with zero attached hydrogens (tertiary/aromatic N) is 3. The summed E-state index contributed by atoms with van der Waals surface area (Å²) in [6, 6.07) is 10.7. The quantitative estimate of drug-likeness (QED) is 0.583. The van der Waals surface area contributed by atoms with Gasteiger partial charge in [-0.3, -0.25) is 4.79 Å². The zero-order valence-corrected chi connectivity index (χ0v) is 14.5. The first kappa shape index (κ1) is 16.2. The normalized spacial score (nSPS) is 10.8. The maximum Gasteiger partial charge on any atom is 0.256 e. The molecule has 1 aromatic carbocycles. The van der Waals surface area contributed by atoms with E-state index >= 15 is 0 Å². The number of aryl methyl sites for hydroxylation is 1. The number of hydrogen-bond acceptors (Lipinski definition) is 5. The standard InChI is InChI=1S/C18H13FN4O2S/c1-11-9-16(21-17(24)12-4-6-13(19)7-5-12)23(22-11)18-20-14(10-26-18)15-3-2-8-25-15/h2-10H,1H3,(H,21,24). The van der Waals surface area contributed by atoms with Crippen LogP contribution in [0.15, 0.2) is 58.5 Å². The van der Waals surface area contributed by atoms with Gasteiger partial charge in [-0.15, -0.1) is 11.3 Å². The van der Waals surface area contributed by atoms with Crippen LogP contribution in [0.3, 0.4) is 0 Å². The van der Waals surface area contributed by atoms with Crippen molar-refractivity contribution in [3.05, 3.63) is 71.2 Å². The molecule has 1 N–H and O–H groups in total. The van der Waals surface area contributed by atoms with E-state index in [4.69, 9.17) is 4.42 Å². The molecule has 0 aliphatic rings. The third-order valence-electron chi connectivity index (χ3n) is 3.63. The minimum atomic E-state index is -0.393. The molecule has 0 fully saturated rings. The molecule has 0 unspecified atom stereocenters.